The van der Waals surface area contributed by atoms with Crippen LogP contribution in [0.5, 0.6) is 0 Å². The number of methoxy groups -OCH3 is 2. The third kappa shape index (κ3) is 5.28. The van der Waals surface area contributed by atoms with E-state index in [0.717, 1.165) is 22.3 Å². The van der Waals surface area contributed by atoms with Crippen molar-refractivity contribution in [2.45, 2.75) is 57.1 Å². The van der Waals surface area contributed by atoms with E-state index in [1.165, 1.54) is 7.11 Å². The number of hydrogen-bond acceptors (Lipinski definition) is 4. The Hall–Kier alpha value is -2.37. The van der Waals surface area contributed by atoms with Crippen molar-refractivity contribution in [1.29, 1.82) is 0 Å². The molecule has 3 rings (SSSR count). The first-order chi connectivity index (χ1) is 14.7. The van der Waals surface area contributed by atoms with Crippen LogP contribution >= 0.6 is 11.6 Å². The molecule has 0 heterocycles. The first-order valence-corrected chi connectivity index (χ1v) is 10.9. The molecule has 1 saturated carbocycles. The van der Waals surface area contributed by atoms with Crippen molar-refractivity contribution in [2.24, 2.45) is 0 Å². The fraction of sp³-hybridized carbons (Fsp3) is 0.440. The maximum atomic E-state index is 13.0. The molecule has 0 bridgehead atoms. The predicted octanol–water partition coefficient (Wildman–Crippen LogP) is 4.87. The molecule has 0 radical (unpaired) electrons. The molecule has 5 nitrogen and oxygen atoms in total. The van der Waals surface area contributed by atoms with Crippen molar-refractivity contribution in [3.8, 4) is 11.1 Å². The van der Waals surface area contributed by atoms with E-state index in [4.69, 9.17) is 21.1 Å². The van der Waals surface area contributed by atoms with Gasteiger partial charge in [-0.2, -0.15) is 0 Å². The number of aryl methyl sites for hydroxylation is 1. The second kappa shape index (κ2) is 9.41. The standard InChI is InChI=1S/C25H30ClNO4/c1-17-5-6-19(18-7-9-21(26)10-8-18)15-20(17)16-22(28)27-25(23(29)30-3)13-11-24(2,31-4)12-14-25/h5-10,15H,11-14,16H2,1-4H3,(H,27,28). The summed E-state index contributed by atoms with van der Waals surface area (Å²) in [6.45, 7) is 4.01. The predicted molar refractivity (Wildman–Crippen MR) is 122 cm³/mol. The molecule has 0 spiro atoms. The molecule has 0 atom stereocenters. The number of benzene rings is 2. The third-order valence-electron chi connectivity index (χ3n) is 6.49. The summed E-state index contributed by atoms with van der Waals surface area (Å²) in [5, 5.41) is 3.68. The Bertz CT molecular complexity index is 946. The van der Waals surface area contributed by atoms with Crippen molar-refractivity contribution in [3.05, 3.63) is 58.6 Å². The lowest BCUT2D eigenvalue weighted by Gasteiger charge is -2.42. The normalized spacial score (nSPS) is 23.3. The largest absolute Gasteiger partial charge is 0.467 e. The lowest BCUT2D eigenvalue weighted by molar-refractivity contribution is -0.155. The molecule has 166 valence electrons. The van der Waals surface area contributed by atoms with Crippen LogP contribution in [0.2, 0.25) is 5.02 Å². The summed E-state index contributed by atoms with van der Waals surface area (Å²) in [4.78, 5) is 25.6. The fourth-order valence-corrected chi connectivity index (χ4v) is 4.28. The molecule has 1 amide bonds. The van der Waals surface area contributed by atoms with Gasteiger partial charge in [0.2, 0.25) is 5.91 Å². The molecule has 0 unspecified atom stereocenters. The molecule has 1 N–H and O–H groups in total. The number of carbonyl (C=O) groups excluding carboxylic acids is 2. The molecule has 0 saturated heterocycles. The summed E-state index contributed by atoms with van der Waals surface area (Å²) < 4.78 is 10.6. The number of esters is 1. The minimum Gasteiger partial charge on any atom is -0.467 e. The highest BCUT2D eigenvalue weighted by atomic mass is 35.5. The van der Waals surface area contributed by atoms with Gasteiger partial charge in [-0.15, -0.1) is 0 Å². The monoisotopic (exact) mass is 443 g/mol. The minimum absolute atomic E-state index is 0.188. The molecular weight excluding hydrogens is 414 g/mol. The number of ether oxygens (including phenoxy) is 2. The Balaban J connectivity index is 1.78. The van der Waals surface area contributed by atoms with E-state index in [9.17, 15) is 9.59 Å². The maximum Gasteiger partial charge on any atom is 0.331 e. The Morgan fingerprint density at radius 2 is 1.61 bits per heavy atom. The number of halogens is 1. The fourth-order valence-electron chi connectivity index (χ4n) is 4.15. The molecule has 0 aliphatic heterocycles. The van der Waals surface area contributed by atoms with Crippen LogP contribution in [0.25, 0.3) is 11.1 Å². The molecular formula is C25H30ClNO4. The van der Waals surface area contributed by atoms with E-state index in [1.54, 1.807) is 7.11 Å². The summed E-state index contributed by atoms with van der Waals surface area (Å²) in [6, 6.07) is 13.7. The summed E-state index contributed by atoms with van der Waals surface area (Å²) >= 11 is 6.00. The van der Waals surface area contributed by atoms with Gasteiger partial charge in [0, 0.05) is 12.1 Å². The van der Waals surface area contributed by atoms with Crippen molar-refractivity contribution < 1.29 is 19.1 Å². The maximum absolute atomic E-state index is 13.0. The smallest absolute Gasteiger partial charge is 0.331 e. The average Bonchev–Trinajstić information content (AvgIpc) is 2.77. The van der Waals surface area contributed by atoms with Gasteiger partial charge < -0.3 is 14.8 Å². The SMILES string of the molecule is COC(=O)C1(NC(=O)Cc2cc(-c3ccc(Cl)cc3)ccc2C)CCC(C)(OC)CC1. The molecule has 2 aromatic rings. The molecule has 31 heavy (non-hydrogen) atoms. The molecule has 1 fully saturated rings. The van der Waals surface area contributed by atoms with Crippen LogP contribution in [-0.4, -0.2) is 37.2 Å². The zero-order valence-corrected chi connectivity index (χ0v) is 19.3. The van der Waals surface area contributed by atoms with E-state index >= 15 is 0 Å². The number of nitrogens with one attached hydrogen (secondary N) is 1. The highest BCUT2D eigenvalue weighted by Crippen LogP contribution is 2.37. The van der Waals surface area contributed by atoms with Gasteiger partial charge >= 0.3 is 5.97 Å². The Morgan fingerprint density at radius 1 is 1.00 bits per heavy atom. The van der Waals surface area contributed by atoms with Crippen molar-refractivity contribution >= 4 is 23.5 Å². The van der Waals surface area contributed by atoms with Gasteiger partial charge in [0.15, 0.2) is 0 Å². The summed E-state index contributed by atoms with van der Waals surface area (Å²) in [5.74, 6) is -0.589. The van der Waals surface area contributed by atoms with Crippen molar-refractivity contribution in [2.75, 3.05) is 14.2 Å². The molecule has 1 aliphatic carbocycles. The highest BCUT2D eigenvalue weighted by Gasteiger charge is 2.47. The van der Waals surface area contributed by atoms with E-state index in [0.29, 0.717) is 30.7 Å². The molecule has 0 aromatic heterocycles. The lowest BCUT2D eigenvalue weighted by Crippen LogP contribution is -2.59. The van der Waals surface area contributed by atoms with E-state index in [-0.39, 0.29) is 17.9 Å². The Kier molecular flexibility index (Phi) is 7.07. The Labute approximate surface area is 189 Å². The highest BCUT2D eigenvalue weighted by molar-refractivity contribution is 6.30. The first kappa shape index (κ1) is 23.3. The zero-order valence-electron chi connectivity index (χ0n) is 18.6. The van der Waals surface area contributed by atoms with Gasteiger partial charge in [-0.1, -0.05) is 41.9 Å². The van der Waals surface area contributed by atoms with Gasteiger partial charge in [-0.05, 0) is 73.9 Å². The van der Waals surface area contributed by atoms with E-state index in [2.05, 4.69) is 5.32 Å². The number of carbonyl (C=O) groups is 2. The van der Waals surface area contributed by atoms with Gasteiger partial charge in [0.05, 0.1) is 19.1 Å². The van der Waals surface area contributed by atoms with Crippen LogP contribution in [0.3, 0.4) is 0 Å². The molecule has 6 heteroatoms. The van der Waals surface area contributed by atoms with E-state index < -0.39 is 11.5 Å². The van der Waals surface area contributed by atoms with Gasteiger partial charge in [-0.3, -0.25) is 4.79 Å². The molecule has 1 aliphatic rings. The molecule has 2 aromatic carbocycles. The second-order valence-corrected chi connectivity index (χ2v) is 9.04. The Morgan fingerprint density at radius 3 is 2.19 bits per heavy atom. The topological polar surface area (TPSA) is 64.6 Å². The van der Waals surface area contributed by atoms with E-state index in [1.807, 2.05) is 56.3 Å². The van der Waals surface area contributed by atoms with Crippen LogP contribution in [0.1, 0.15) is 43.7 Å². The van der Waals surface area contributed by atoms with Crippen LogP contribution in [0.15, 0.2) is 42.5 Å². The second-order valence-electron chi connectivity index (χ2n) is 8.60. The number of rotatable bonds is 6. The van der Waals surface area contributed by atoms with Crippen molar-refractivity contribution in [3.63, 3.8) is 0 Å². The first-order valence-electron chi connectivity index (χ1n) is 10.5. The summed E-state index contributed by atoms with van der Waals surface area (Å²) in [7, 11) is 3.04. The third-order valence-corrected chi connectivity index (χ3v) is 6.74. The van der Waals surface area contributed by atoms with Gasteiger partial charge in [0.25, 0.3) is 0 Å². The number of hydrogen-bond donors (Lipinski definition) is 1. The van der Waals surface area contributed by atoms with Crippen molar-refractivity contribution in [1.82, 2.24) is 5.32 Å². The van der Waals surface area contributed by atoms with Gasteiger partial charge in [0.1, 0.15) is 5.54 Å². The lowest BCUT2D eigenvalue weighted by atomic mass is 9.74. The average molecular weight is 444 g/mol. The van der Waals surface area contributed by atoms with Gasteiger partial charge in [-0.25, -0.2) is 4.79 Å². The number of amides is 1. The van der Waals surface area contributed by atoms with Crippen LogP contribution in [0.4, 0.5) is 0 Å². The summed E-state index contributed by atoms with van der Waals surface area (Å²) in [5.41, 5.74) is 2.69. The van der Waals surface area contributed by atoms with Crippen LogP contribution in [-0.2, 0) is 25.5 Å². The quantitative estimate of drug-likeness (QED) is 0.647. The zero-order chi connectivity index (χ0) is 22.6. The summed E-state index contributed by atoms with van der Waals surface area (Å²) in [6.07, 6.45) is 2.50. The van der Waals surface area contributed by atoms with Crippen LogP contribution < -0.4 is 5.32 Å². The van der Waals surface area contributed by atoms with Crippen LogP contribution in [0, 0.1) is 6.92 Å². The minimum atomic E-state index is -1.01.